The second kappa shape index (κ2) is 6.34. The van der Waals surface area contributed by atoms with Gasteiger partial charge in [-0.3, -0.25) is 4.79 Å². The summed E-state index contributed by atoms with van der Waals surface area (Å²) >= 11 is 0. The lowest BCUT2D eigenvalue weighted by Gasteiger charge is -2.38. The Morgan fingerprint density at radius 3 is 2.70 bits per heavy atom. The highest BCUT2D eigenvalue weighted by molar-refractivity contribution is 5.95. The molecule has 3 heterocycles. The van der Waals surface area contributed by atoms with E-state index in [9.17, 15) is 19.8 Å². The molecule has 4 rings (SSSR count). The van der Waals surface area contributed by atoms with Crippen LogP contribution in [0.2, 0.25) is 0 Å². The Labute approximate surface area is 155 Å². The Kier molecular flexibility index (Phi) is 4.22. The number of hydrogen-bond acceptors (Lipinski definition) is 4. The van der Waals surface area contributed by atoms with E-state index in [1.54, 1.807) is 0 Å². The van der Waals surface area contributed by atoms with E-state index in [1.807, 2.05) is 23.3 Å². The van der Waals surface area contributed by atoms with E-state index in [0.29, 0.717) is 37.1 Å². The third-order valence-corrected chi connectivity index (χ3v) is 6.03. The fraction of sp³-hybridized carbons (Fsp3) is 0.500. The van der Waals surface area contributed by atoms with Gasteiger partial charge >= 0.3 is 5.97 Å². The van der Waals surface area contributed by atoms with Gasteiger partial charge in [-0.25, -0.2) is 9.18 Å². The van der Waals surface area contributed by atoms with Crippen LogP contribution in [0.1, 0.15) is 48.7 Å². The number of aliphatic hydroxyl groups excluding tert-OH is 1. The van der Waals surface area contributed by atoms with Crippen molar-refractivity contribution in [3.8, 4) is 0 Å². The minimum Gasteiger partial charge on any atom is -0.477 e. The Balaban J connectivity index is 1.99. The number of nitrogens with zero attached hydrogens (tertiary/aromatic N) is 2. The highest BCUT2D eigenvalue weighted by Crippen LogP contribution is 2.39. The SMILES string of the molecule is CC1CN(c2c(F)cc3c(=O)c(C(=O)O)cn4c3c2CC[C@@H]4C)CCC1O. The molecule has 144 valence electrons. The Morgan fingerprint density at radius 1 is 1.30 bits per heavy atom. The number of carbonyl (C=O) groups is 1. The van der Waals surface area contributed by atoms with Gasteiger partial charge in [-0.2, -0.15) is 0 Å². The maximum Gasteiger partial charge on any atom is 0.341 e. The molecule has 0 saturated carbocycles. The van der Waals surface area contributed by atoms with Gasteiger partial charge in [0, 0.05) is 36.3 Å². The Morgan fingerprint density at radius 2 is 2.04 bits per heavy atom. The maximum absolute atomic E-state index is 15.1. The number of carboxylic acid groups (broad SMARTS) is 1. The molecule has 2 N–H and O–H groups in total. The molecular formula is C20H23FN2O4. The molecular weight excluding hydrogens is 351 g/mol. The summed E-state index contributed by atoms with van der Waals surface area (Å²) in [7, 11) is 0. The summed E-state index contributed by atoms with van der Waals surface area (Å²) < 4.78 is 17.0. The summed E-state index contributed by atoms with van der Waals surface area (Å²) in [6.45, 7) is 5.01. The van der Waals surface area contributed by atoms with Crippen molar-refractivity contribution in [2.24, 2.45) is 5.92 Å². The molecule has 0 bridgehead atoms. The molecule has 0 aliphatic carbocycles. The number of halogens is 1. The van der Waals surface area contributed by atoms with Crippen molar-refractivity contribution in [1.29, 1.82) is 0 Å². The minimum atomic E-state index is -1.30. The van der Waals surface area contributed by atoms with Gasteiger partial charge in [-0.1, -0.05) is 6.92 Å². The smallest absolute Gasteiger partial charge is 0.341 e. The predicted octanol–water partition coefficient (Wildman–Crippen LogP) is 2.55. The molecule has 2 aliphatic rings. The molecule has 6 nitrogen and oxygen atoms in total. The molecule has 0 spiro atoms. The van der Waals surface area contributed by atoms with Gasteiger partial charge in [-0.05, 0) is 38.2 Å². The number of aliphatic hydroxyl groups is 1. The molecule has 1 saturated heterocycles. The van der Waals surface area contributed by atoms with Gasteiger partial charge in [0.05, 0.1) is 17.3 Å². The van der Waals surface area contributed by atoms with Gasteiger partial charge in [0.15, 0.2) is 0 Å². The van der Waals surface area contributed by atoms with Crippen LogP contribution in [-0.4, -0.2) is 39.9 Å². The Bertz CT molecular complexity index is 1000. The highest BCUT2D eigenvalue weighted by atomic mass is 19.1. The second-order valence-electron chi connectivity index (χ2n) is 7.83. The topological polar surface area (TPSA) is 82.8 Å². The molecule has 7 heteroatoms. The molecule has 2 aliphatic heterocycles. The number of aromatic carboxylic acids is 1. The van der Waals surface area contributed by atoms with Crippen LogP contribution in [-0.2, 0) is 6.42 Å². The van der Waals surface area contributed by atoms with E-state index >= 15 is 4.39 Å². The van der Waals surface area contributed by atoms with Crippen LogP contribution in [0.4, 0.5) is 10.1 Å². The second-order valence-corrected chi connectivity index (χ2v) is 7.83. The van der Waals surface area contributed by atoms with Crippen LogP contribution in [0.15, 0.2) is 17.1 Å². The lowest BCUT2D eigenvalue weighted by atomic mass is 9.91. The van der Waals surface area contributed by atoms with Crippen molar-refractivity contribution in [2.45, 2.75) is 45.3 Å². The van der Waals surface area contributed by atoms with Crippen LogP contribution >= 0.6 is 0 Å². The van der Waals surface area contributed by atoms with Gasteiger partial charge in [0.2, 0.25) is 5.43 Å². The fourth-order valence-electron chi connectivity index (χ4n) is 4.46. The summed E-state index contributed by atoms with van der Waals surface area (Å²) in [6.07, 6.45) is 2.94. The summed E-state index contributed by atoms with van der Waals surface area (Å²) in [5.74, 6) is -1.77. The highest BCUT2D eigenvalue weighted by Gasteiger charge is 2.31. The molecule has 27 heavy (non-hydrogen) atoms. The van der Waals surface area contributed by atoms with E-state index in [1.165, 1.54) is 12.3 Å². The predicted molar refractivity (Wildman–Crippen MR) is 100 cm³/mol. The standard InChI is InChI=1S/C20H23FN2O4/c1-10-8-22(6-5-16(10)24)18-12-4-3-11(2)23-9-14(20(26)27)19(25)13(17(12)23)7-15(18)21/h7,9-11,16,24H,3-6,8H2,1-2H3,(H,26,27)/t10?,11-,16?/m0/s1. The van der Waals surface area contributed by atoms with E-state index in [4.69, 9.17) is 0 Å². The number of piperidine rings is 1. The maximum atomic E-state index is 15.1. The summed E-state index contributed by atoms with van der Waals surface area (Å²) in [4.78, 5) is 26.1. The summed E-state index contributed by atoms with van der Waals surface area (Å²) in [6, 6.07) is 1.21. The Hall–Kier alpha value is -2.41. The number of pyridine rings is 1. The van der Waals surface area contributed by atoms with Gasteiger partial charge in [-0.15, -0.1) is 0 Å². The fourth-order valence-corrected chi connectivity index (χ4v) is 4.46. The zero-order valence-corrected chi connectivity index (χ0v) is 15.4. The molecule has 1 aromatic heterocycles. The number of hydrogen-bond donors (Lipinski definition) is 2. The number of rotatable bonds is 2. The molecule has 0 amide bonds. The lowest BCUT2D eigenvalue weighted by Crippen LogP contribution is -2.43. The number of aryl methyl sites for hydroxylation is 1. The monoisotopic (exact) mass is 374 g/mol. The van der Waals surface area contributed by atoms with Crippen molar-refractivity contribution < 1.29 is 19.4 Å². The summed E-state index contributed by atoms with van der Waals surface area (Å²) in [5.41, 5.74) is 0.921. The van der Waals surface area contributed by atoms with Crippen molar-refractivity contribution in [3.05, 3.63) is 39.4 Å². The molecule has 0 radical (unpaired) electrons. The van der Waals surface area contributed by atoms with Crippen molar-refractivity contribution in [1.82, 2.24) is 4.57 Å². The molecule has 2 aromatic rings. The van der Waals surface area contributed by atoms with E-state index < -0.39 is 23.3 Å². The summed E-state index contributed by atoms with van der Waals surface area (Å²) in [5, 5.41) is 19.5. The quantitative estimate of drug-likeness (QED) is 0.844. The van der Waals surface area contributed by atoms with Crippen LogP contribution < -0.4 is 10.3 Å². The first kappa shape index (κ1) is 18.0. The van der Waals surface area contributed by atoms with Gasteiger partial charge in [0.25, 0.3) is 0 Å². The van der Waals surface area contributed by atoms with Crippen molar-refractivity contribution in [2.75, 3.05) is 18.0 Å². The lowest BCUT2D eigenvalue weighted by molar-refractivity contribution is 0.0694. The third kappa shape index (κ3) is 2.72. The number of anilines is 1. The zero-order valence-electron chi connectivity index (χ0n) is 15.4. The van der Waals surface area contributed by atoms with Crippen LogP contribution in [0.5, 0.6) is 0 Å². The van der Waals surface area contributed by atoms with E-state index in [-0.39, 0.29) is 22.9 Å². The molecule has 3 atom stereocenters. The average molecular weight is 374 g/mol. The molecule has 1 fully saturated rings. The first-order valence-electron chi connectivity index (χ1n) is 9.36. The normalized spacial score (nSPS) is 25.0. The molecule has 2 unspecified atom stereocenters. The first-order chi connectivity index (χ1) is 12.8. The van der Waals surface area contributed by atoms with Crippen LogP contribution in [0, 0.1) is 11.7 Å². The number of benzene rings is 1. The van der Waals surface area contributed by atoms with Crippen molar-refractivity contribution in [3.63, 3.8) is 0 Å². The van der Waals surface area contributed by atoms with Gasteiger partial charge in [0.1, 0.15) is 11.4 Å². The molecule has 1 aromatic carbocycles. The van der Waals surface area contributed by atoms with Crippen LogP contribution in [0.25, 0.3) is 10.9 Å². The van der Waals surface area contributed by atoms with E-state index in [0.717, 1.165) is 12.0 Å². The minimum absolute atomic E-state index is 0.0270. The first-order valence-corrected chi connectivity index (χ1v) is 9.36. The third-order valence-electron chi connectivity index (χ3n) is 6.03. The average Bonchev–Trinajstić information content (AvgIpc) is 2.61. The largest absolute Gasteiger partial charge is 0.477 e. The van der Waals surface area contributed by atoms with Gasteiger partial charge < -0.3 is 19.7 Å². The van der Waals surface area contributed by atoms with Crippen LogP contribution in [0.3, 0.4) is 0 Å². The zero-order chi connectivity index (χ0) is 19.5. The number of aromatic nitrogens is 1. The van der Waals surface area contributed by atoms with E-state index in [2.05, 4.69) is 0 Å². The number of carboxylic acids is 1. The van der Waals surface area contributed by atoms with Crippen molar-refractivity contribution >= 4 is 22.6 Å².